The molecule has 2 aromatic heterocycles. The van der Waals surface area contributed by atoms with Crippen molar-refractivity contribution in [2.45, 2.75) is 70.1 Å². The molecular formula is C23H41IN4O4SSi2. The largest absolute Gasteiger partial charge is 0.361 e. The third kappa shape index (κ3) is 9.06. The van der Waals surface area contributed by atoms with Crippen LogP contribution >= 0.6 is 22.6 Å². The molecule has 1 aliphatic rings. The van der Waals surface area contributed by atoms with Gasteiger partial charge < -0.3 is 14.4 Å². The lowest BCUT2D eigenvalue weighted by Gasteiger charge is -2.28. The van der Waals surface area contributed by atoms with Gasteiger partial charge in [0.2, 0.25) is 0 Å². The Kier molecular flexibility index (Phi) is 9.85. The zero-order valence-corrected chi connectivity index (χ0v) is 27.0. The molecule has 2 aromatic rings. The van der Waals surface area contributed by atoms with E-state index in [0.29, 0.717) is 26.3 Å². The van der Waals surface area contributed by atoms with E-state index in [2.05, 4.69) is 77.9 Å². The number of hydrogen-bond donors (Lipinski definition) is 0. The molecule has 0 aromatic carbocycles. The van der Waals surface area contributed by atoms with Gasteiger partial charge in [-0.15, -0.1) is 0 Å². The Morgan fingerprint density at radius 1 is 1.03 bits per heavy atom. The average molecular weight is 653 g/mol. The van der Waals surface area contributed by atoms with Gasteiger partial charge in [-0.1, -0.05) is 39.3 Å². The lowest BCUT2D eigenvalue weighted by molar-refractivity contribution is 0.0942. The first-order valence-electron chi connectivity index (χ1n) is 12.4. The van der Waals surface area contributed by atoms with Crippen molar-refractivity contribution in [2.24, 2.45) is 0 Å². The smallest absolute Gasteiger partial charge is 0.171 e. The maximum Gasteiger partial charge on any atom is 0.171 e. The predicted octanol–water partition coefficient (Wildman–Crippen LogP) is 5.06. The molecule has 1 saturated heterocycles. The maximum atomic E-state index is 12.0. The van der Waals surface area contributed by atoms with Gasteiger partial charge >= 0.3 is 0 Å². The Balaban J connectivity index is 1.86. The second kappa shape index (κ2) is 11.9. The molecule has 0 N–H and O–H groups in total. The first-order valence-corrected chi connectivity index (χ1v) is 22.7. The van der Waals surface area contributed by atoms with Crippen molar-refractivity contribution in [1.29, 1.82) is 0 Å². The quantitative estimate of drug-likeness (QED) is 0.137. The second-order valence-corrected chi connectivity index (χ2v) is 26.6. The van der Waals surface area contributed by atoms with E-state index < -0.39 is 26.0 Å². The highest BCUT2D eigenvalue weighted by atomic mass is 127. The molecule has 0 unspecified atom stereocenters. The van der Waals surface area contributed by atoms with Crippen LogP contribution in [0.25, 0.3) is 5.65 Å². The number of ether oxygens (including phenoxy) is 2. The van der Waals surface area contributed by atoms with Crippen molar-refractivity contribution in [1.82, 2.24) is 14.6 Å². The van der Waals surface area contributed by atoms with Crippen LogP contribution in [0.15, 0.2) is 12.3 Å². The summed E-state index contributed by atoms with van der Waals surface area (Å²) in [6, 6.07) is 4.26. The third-order valence-electron chi connectivity index (χ3n) is 6.21. The predicted molar refractivity (Wildman–Crippen MR) is 157 cm³/mol. The molecule has 198 valence electrons. The van der Waals surface area contributed by atoms with Crippen LogP contribution in [-0.2, 0) is 19.3 Å². The molecule has 8 nitrogen and oxygen atoms in total. The summed E-state index contributed by atoms with van der Waals surface area (Å²) in [5.74, 6) is 1.44. The molecule has 35 heavy (non-hydrogen) atoms. The minimum atomic E-state index is -2.93. The van der Waals surface area contributed by atoms with Gasteiger partial charge in [0.15, 0.2) is 5.65 Å². The Labute approximate surface area is 226 Å². The first kappa shape index (κ1) is 29.0. The molecular weight excluding hydrogens is 611 g/mol. The average Bonchev–Trinajstić information content (AvgIpc) is 3.11. The highest BCUT2D eigenvalue weighted by Gasteiger charge is 2.28. The number of aromatic nitrogens is 3. The van der Waals surface area contributed by atoms with Gasteiger partial charge in [0, 0.05) is 47.0 Å². The molecule has 0 amide bonds. The Morgan fingerprint density at radius 2 is 1.57 bits per heavy atom. The molecule has 12 heteroatoms. The number of rotatable bonds is 12. The number of nitrogens with zero attached hydrogens (tertiary/aromatic N) is 4. The van der Waals surface area contributed by atoms with E-state index in [1.807, 2.05) is 10.7 Å². The molecule has 1 aliphatic heterocycles. The second-order valence-electron chi connectivity index (χ2n) is 11.9. The van der Waals surface area contributed by atoms with Crippen LogP contribution in [0, 0.1) is 3.57 Å². The van der Waals surface area contributed by atoms with Gasteiger partial charge in [-0.05, 0) is 47.5 Å². The van der Waals surface area contributed by atoms with E-state index >= 15 is 0 Å². The molecule has 0 atom stereocenters. The fourth-order valence-corrected chi connectivity index (χ4v) is 7.31. The Morgan fingerprint density at radius 3 is 2.09 bits per heavy atom. The van der Waals surface area contributed by atoms with Gasteiger partial charge in [0.05, 0.1) is 21.3 Å². The van der Waals surface area contributed by atoms with Crippen molar-refractivity contribution in [3.05, 3.63) is 21.5 Å². The number of sulfone groups is 1. The fraction of sp³-hybridized carbons (Fsp3) is 0.739. The molecule has 0 spiro atoms. The van der Waals surface area contributed by atoms with Gasteiger partial charge in [-0.3, -0.25) is 0 Å². The molecule has 0 aliphatic carbocycles. The summed E-state index contributed by atoms with van der Waals surface area (Å²) in [6.07, 6.45) is 3.03. The minimum Gasteiger partial charge on any atom is -0.361 e. The molecule has 1 fully saturated rings. The van der Waals surface area contributed by atoms with E-state index in [-0.39, 0.29) is 17.4 Å². The SMILES string of the molecule is C[Si](C)(C)CCOCN(COCC[Si](C)(C)C)c1cc(C2CCS(=O)(=O)CC2)nc2c(I)cnn12. The minimum absolute atomic E-state index is 0.121. The molecule has 3 rings (SSSR count). The van der Waals surface area contributed by atoms with Crippen molar-refractivity contribution < 1.29 is 17.9 Å². The number of fused-ring (bicyclic) bond motifs is 1. The molecule has 3 heterocycles. The van der Waals surface area contributed by atoms with Crippen molar-refractivity contribution in [3.8, 4) is 0 Å². The number of halogens is 1. The normalized spacial score (nSPS) is 17.2. The van der Waals surface area contributed by atoms with Crippen LogP contribution in [0.3, 0.4) is 0 Å². The van der Waals surface area contributed by atoms with Gasteiger partial charge in [0.25, 0.3) is 0 Å². The molecule has 0 bridgehead atoms. The van der Waals surface area contributed by atoms with Crippen molar-refractivity contribution in [3.63, 3.8) is 0 Å². The van der Waals surface area contributed by atoms with Crippen LogP contribution < -0.4 is 4.90 Å². The number of hydrogen-bond acceptors (Lipinski definition) is 7. The summed E-state index contributed by atoms with van der Waals surface area (Å²) in [7, 11) is -5.32. The van der Waals surface area contributed by atoms with Gasteiger partial charge in [-0.2, -0.15) is 9.61 Å². The summed E-state index contributed by atoms with van der Waals surface area (Å²) in [6.45, 7) is 16.4. The lowest BCUT2D eigenvalue weighted by Crippen LogP contribution is -2.33. The monoisotopic (exact) mass is 652 g/mol. The van der Waals surface area contributed by atoms with E-state index in [1.54, 1.807) is 0 Å². The summed E-state index contributed by atoms with van der Waals surface area (Å²) < 4.78 is 39.1. The van der Waals surface area contributed by atoms with E-state index in [1.165, 1.54) is 0 Å². The van der Waals surface area contributed by atoms with E-state index in [9.17, 15) is 8.42 Å². The topological polar surface area (TPSA) is 86.0 Å². The van der Waals surface area contributed by atoms with Gasteiger partial charge in [0.1, 0.15) is 29.1 Å². The fourth-order valence-electron chi connectivity index (χ4n) is 3.83. The van der Waals surface area contributed by atoms with Gasteiger partial charge in [-0.25, -0.2) is 13.4 Å². The third-order valence-corrected chi connectivity index (χ3v) is 12.1. The van der Waals surface area contributed by atoms with Crippen molar-refractivity contribution >= 4 is 60.0 Å². The Hall–Kier alpha value is -0.546. The molecule has 0 saturated carbocycles. The highest BCUT2D eigenvalue weighted by Crippen LogP contribution is 2.31. The highest BCUT2D eigenvalue weighted by molar-refractivity contribution is 14.1. The van der Waals surface area contributed by atoms with Crippen molar-refractivity contribution in [2.75, 3.05) is 43.1 Å². The first-order chi connectivity index (χ1) is 16.2. The summed E-state index contributed by atoms with van der Waals surface area (Å²) >= 11 is 2.26. The van der Waals surface area contributed by atoms with Crippen LogP contribution in [0.2, 0.25) is 51.4 Å². The molecule has 0 radical (unpaired) electrons. The zero-order chi connectivity index (χ0) is 25.9. The standard InChI is InChI=1S/C23H41IN4O4SSi2/c1-34(2,3)13-9-31-17-27(18-32-10-14-35(4,5)6)22-15-21(19-7-11-33(29,30)12-8-19)26-23-20(24)16-25-28(22)23/h15-16,19H,7-14,17-18H2,1-6H3. The summed E-state index contributed by atoms with van der Waals surface area (Å²) in [4.78, 5) is 7.00. The summed E-state index contributed by atoms with van der Waals surface area (Å²) in [5, 5.41) is 4.60. The van der Waals surface area contributed by atoms with Crippen LogP contribution in [0.4, 0.5) is 5.82 Å². The zero-order valence-electron chi connectivity index (χ0n) is 22.0. The van der Waals surface area contributed by atoms with Crippen LogP contribution in [0.1, 0.15) is 24.5 Å². The van der Waals surface area contributed by atoms with E-state index in [0.717, 1.165) is 46.0 Å². The van der Waals surface area contributed by atoms with E-state index in [4.69, 9.17) is 14.5 Å². The lowest BCUT2D eigenvalue weighted by atomic mass is 9.98. The van der Waals surface area contributed by atoms with Crippen LogP contribution in [0.5, 0.6) is 0 Å². The van der Waals surface area contributed by atoms with Crippen LogP contribution in [-0.4, -0.2) is 77.3 Å². The number of anilines is 1. The summed E-state index contributed by atoms with van der Waals surface area (Å²) in [5.41, 5.74) is 1.72. The maximum absolute atomic E-state index is 12.0. The Bertz CT molecular complexity index is 1060.